The molecule has 0 bridgehead atoms. The zero-order valence-corrected chi connectivity index (χ0v) is 14.4. The number of nitrogens with one attached hydrogen (secondary N) is 3. The van der Waals surface area contributed by atoms with Gasteiger partial charge in [-0.25, -0.2) is 4.99 Å². The van der Waals surface area contributed by atoms with Crippen LogP contribution in [0, 0.1) is 0 Å². The third-order valence-corrected chi connectivity index (χ3v) is 3.70. The fourth-order valence-corrected chi connectivity index (χ4v) is 2.28. The van der Waals surface area contributed by atoms with Crippen LogP contribution in [0.4, 0.5) is 0 Å². The normalized spacial score (nSPS) is 17.0. The van der Waals surface area contributed by atoms with Crippen LogP contribution in [0.1, 0.15) is 32.6 Å². The Morgan fingerprint density at radius 2 is 2.08 bits per heavy atom. The summed E-state index contributed by atoms with van der Waals surface area (Å²) >= 11 is 0. The lowest BCUT2D eigenvalue weighted by atomic mass is 10.2. The van der Waals surface area contributed by atoms with Gasteiger partial charge in [-0.15, -0.1) is 0 Å². The maximum Gasteiger partial charge on any atom is 0.251 e. The van der Waals surface area contributed by atoms with Gasteiger partial charge in [-0.1, -0.05) is 6.42 Å². The number of carbonyl (C=O) groups is 3. The summed E-state index contributed by atoms with van der Waals surface area (Å²) in [4.78, 5) is 40.6. The molecule has 0 saturated heterocycles. The lowest BCUT2D eigenvalue weighted by molar-refractivity contribution is -0.138. The predicted molar refractivity (Wildman–Crippen MR) is 91.2 cm³/mol. The molecule has 0 aromatic heterocycles. The third-order valence-electron chi connectivity index (χ3n) is 3.70. The Morgan fingerprint density at radius 1 is 1.33 bits per heavy atom. The van der Waals surface area contributed by atoms with Crippen LogP contribution in [-0.2, 0) is 14.4 Å². The number of likely N-dealkylation sites (N-methyl/N-ethyl adjacent to an activating group) is 1. The lowest BCUT2D eigenvalue weighted by Gasteiger charge is -2.29. The molecule has 0 aromatic rings. The molecule has 1 atom stereocenters. The summed E-state index contributed by atoms with van der Waals surface area (Å²) in [5, 5.41) is 8.12. The van der Waals surface area contributed by atoms with Crippen molar-refractivity contribution in [2.24, 2.45) is 10.7 Å². The highest BCUT2D eigenvalue weighted by atomic mass is 16.2. The average Bonchev–Trinajstić information content (AvgIpc) is 2.52. The zero-order valence-electron chi connectivity index (χ0n) is 14.4. The molecule has 0 aliphatic carbocycles. The van der Waals surface area contributed by atoms with E-state index >= 15 is 0 Å². The summed E-state index contributed by atoms with van der Waals surface area (Å²) < 4.78 is 0. The van der Waals surface area contributed by atoms with E-state index in [1.807, 2.05) is 0 Å². The van der Waals surface area contributed by atoms with Gasteiger partial charge in [0.15, 0.2) is 0 Å². The fraction of sp³-hybridized carbons (Fsp3) is 0.733. The molecule has 1 aliphatic heterocycles. The fourth-order valence-electron chi connectivity index (χ4n) is 2.28. The van der Waals surface area contributed by atoms with Crippen molar-refractivity contribution in [2.45, 2.75) is 38.6 Å². The van der Waals surface area contributed by atoms with Crippen LogP contribution in [0.2, 0.25) is 0 Å². The molecule has 5 N–H and O–H groups in total. The third kappa shape index (κ3) is 7.05. The van der Waals surface area contributed by atoms with Crippen LogP contribution >= 0.6 is 0 Å². The minimum atomic E-state index is -0.653. The maximum absolute atomic E-state index is 12.2. The number of amides is 3. The van der Waals surface area contributed by atoms with E-state index < -0.39 is 6.04 Å². The Labute approximate surface area is 142 Å². The Hall–Kier alpha value is -2.00. The molecule has 1 aliphatic rings. The van der Waals surface area contributed by atoms with E-state index in [4.69, 9.17) is 5.73 Å². The van der Waals surface area contributed by atoms with Crippen molar-refractivity contribution in [1.82, 2.24) is 20.9 Å². The molecule has 9 nitrogen and oxygen atoms in total. The first kappa shape index (κ1) is 20.0. The van der Waals surface area contributed by atoms with Crippen LogP contribution < -0.4 is 21.7 Å². The van der Waals surface area contributed by atoms with Crippen molar-refractivity contribution in [3.63, 3.8) is 0 Å². The largest absolute Gasteiger partial charge is 0.332 e. The molecule has 1 unspecified atom stereocenters. The van der Waals surface area contributed by atoms with Gasteiger partial charge in [0.25, 0.3) is 5.91 Å². The van der Waals surface area contributed by atoms with Crippen molar-refractivity contribution >= 4 is 23.7 Å². The number of guanidine groups is 1. The molecular weight excluding hydrogens is 312 g/mol. The van der Waals surface area contributed by atoms with E-state index in [9.17, 15) is 14.4 Å². The van der Waals surface area contributed by atoms with Gasteiger partial charge in [0.05, 0.1) is 6.54 Å². The molecule has 1 rings (SSSR count). The summed E-state index contributed by atoms with van der Waals surface area (Å²) in [6.07, 6.45) is 3.45. The number of hydrogen-bond acceptors (Lipinski definition) is 6. The first-order valence-corrected chi connectivity index (χ1v) is 8.25. The molecule has 0 spiro atoms. The van der Waals surface area contributed by atoms with E-state index in [1.54, 1.807) is 7.05 Å². The average molecular weight is 340 g/mol. The van der Waals surface area contributed by atoms with E-state index in [-0.39, 0.29) is 30.2 Å². The second-order valence-electron chi connectivity index (χ2n) is 5.73. The van der Waals surface area contributed by atoms with Crippen molar-refractivity contribution in [3.8, 4) is 0 Å². The molecule has 9 heteroatoms. The number of aliphatic imine (C=N–C) groups is 1. The molecule has 0 radical (unpaired) electrons. The Bertz CT molecular complexity index is 480. The molecule has 136 valence electrons. The summed E-state index contributed by atoms with van der Waals surface area (Å²) in [7, 11) is 1.59. The number of nitrogens with two attached hydrogens (primary N) is 1. The SMILES string of the molecule is CC(=O)NC1=NCC(N(C)C(=O)CCNCCCCCN)C(=O)N1. The quantitative estimate of drug-likeness (QED) is 0.381. The minimum Gasteiger partial charge on any atom is -0.332 e. The molecule has 3 amide bonds. The van der Waals surface area contributed by atoms with Crippen LogP contribution in [0.5, 0.6) is 0 Å². The van der Waals surface area contributed by atoms with Crippen LogP contribution in [0.15, 0.2) is 4.99 Å². The van der Waals surface area contributed by atoms with Gasteiger partial charge in [-0.3, -0.25) is 25.0 Å². The van der Waals surface area contributed by atoms with Crippen molar-refractivity contribution in [1.29, 1.82) is 0 Å². The van der Waals surface area contributed by atoms with E-state index in [0.717, 1.165) is 25.8 Å². The van der Waals surface area contributed by atoms with Crippen LogP contribution in [0.3, 0.4) is 0 Å². The monoisotopic (exact) mass is 340 g/mol. The molecular formula is C15H28N6O3. The summed E-state index contributed by atoms with van der Waals surface area (Å²) in [6, 6.07) is -0.653. The van der Waals surface area contributed by atoms with Gasteiger partial charge in [0, 0.05) is 26.9 Å². The standard InChI is InChI=1S/C15H28N6O3/c1-11(22)19-15-18-10-12(14(24)20-15)21(2)13(23)6-9-17-8-5-3-4-7-16/h12,17H,3-10,16H2,1-2H3,(H2,18,19,20,22,24). The summed E-state index contributed by atoms with van der Waals surface area (Å²) in [5.41, 5.74) is 5.42. The topological polar surface area (TPSA) is 129 Å². The van der Waals surface area contributed by atoms with Crippen molar-refractivity contribution < 1.29 is 14.4 Å². The highest BCUT2D eigenvalue weighted by Gasteiger charge is 2.30. The lowest BCUT2D eigenvalue weighted by Crippen LogP contribution is -2.57. The van der Waals surface area contributed by atoms with Crippen molar-refractivity contribution in [3.05, 3.63) is 0 Å². The maximum atomic E-state index is 12.2. The Kier molecular flexibility index (Phi) is 8.95. The van der Waals surface area contributed by atoms with Crippen LogP contribution in [-0.4, -0.2) is 67.8 Å². The molecule has 1 heterocycles. The molecule has 0 saturated carbocycles. The number of rotatable bonds is 9. The van der Waals surface area contributed by atoms with Gasteiger partial charge in [0.1, 0.15) is 6.04 Å². The predicted octanol–water partition coefficient (Wildman–Crippen LogP) is -1.46. The van der Waals surface area contributed by atoms with Gasteiger partial charge < -0.3 is 16.0 Å². The van der Waals surface area contributed by atoms with E-state index in [0.29, 0.717) is 19.5 Å². The summed E-state index contributed by atoms with van der Waals surface area (Å²) in [6.45, 7) is 3.60. The van der Waals surface area contributed by atoms with Crippen LogP contribution in [0.25, 0.3) is 0 Å². The highest BCUT2D eigenvalue weighted by molar-refractivity contribution is 6.07. The summed E-state index contributed by atoms with van der Waals surface area (Å²) in [5.74, 6) is -0.652. The number of carbonyl (C=O) groups excluding carboxylic acids is 3. The van der Waals surface area contributed by atoms with Gasteiger partial charge >= 0.3 is 0 Å². The molecule has 24 heavy (non-hydrogen) atoms. The number of hydrogen-bond donors (Lipinski definition) is 4. The second kappa shape index (κ2) is 10.7. The smallest absolute Gasteiger partial charge is 0.251 e. The number of unbranched alkanes of at least 4 members (excludes halogenated alkanes) is 2. The Morgan fingerprint density at radius 3 is 2.71 bits per heavy atom. The number of nitrogens with zero attached hydrogens (tertiary/aromatic N) is 2. The van der Waals surface area contributed by atoms with E-state index in [1.165, 1.54) is 11.8 Å². The minimum absolute atomic E-state index is 0.122. The highest BCUT2D eigenvalue weighted by Crippen LogP contribution is 2.04. The molecule has 0 aromatic carbocycles. The second-order valence-corrected chi connectivity index (χ2v) is 5.73. The first-order valence-electron chi connectivity index (χ1n) is 8.25. The Balaban J connectivity index is 2.31. The van der Waals surface area contributed by atoms with Crippen molar-refractivity contribution in [2.75, 3.05) is 33.2 Å². The molecule has 0 fully saturated rings. The zero-order chi connectivity index (χ0) is 17.9. The van der Waals surface area contributed by atoms with E-state index in [2.05, 4.69) is 20.9 Å². The van der Waals surface area contributed by atoms with Gasteiger partial charge in [0.2, 0.25) is 17.8 Å². The van der Waals surface area contributed by atoms with Gasteiger partial charge in [-0.2, -0.15) is 0 Å². The first-order chi connectivity index (χ1) is 11.5. The van der Waals surface area contributed by atoms with Gasteiger partial charge in [-0.05, 0) is 25.9 Å².